The first kappa shape index (κ1) is 22.6. The Bertz CT molecular complexity index is 1100. The van der Waals surface area contributed by atoms with E-state index in [1.807, 2.05) is 5.32 Å². The Morgan fingerprint density at radius 1 is 1.19 bits per heavy atom. The zero-order chi connectivity index (χ0) is 23.5. The predicted octanol–water partition coefficient (Wildman–Crippen LogP) is 3.93. The molecule has 0 bridgehead atoms. The molecule has 1 N–H and O–H groups in total. The van der Waals surface area contributed by atoms with Gasteiger partial charge in [0.15, 0.2) is 17.6 Å². The summed E-state index contributed by atoms with van der Waals surface area (Å²) in [4.78, 5) is 33.9. The van der Waals surface area contributed by atoms with E-state index in [2.05, 4.69) is 0 Å². The SMILES string of the molecule is CC(OC(=O)/C=C/c1ccc2c(c1)OCO2)C(=O)Nc1ccc([N+](=O)[O-])cc1C(F)(F)F. The Morgan fingerprint density at radius 2 is 1.91 bits per heavy atom. The monoisotopic (exact) mass is 452 g/mol. The van der Waals surface area contributed by atoms with Gasteiger partial charge in [0.25, 0.3) is 11.6 Å². The third-order valence-electron chi connectivity index (χ3n) is 4.25. The molecule has 2 aromatic rings. The molecule has 1 unspecified atom stereocenters. The number of fused-ring (bicyclic) bond motifs is 1. The lowest BCUT2D eigenvalue weighted by Gasteiger charge is -2.16. The number of carbonyl (C=O) groups is 2. The second-order valence-corrected chi connectivity index (χ2v) is 6.50. The van der Waals surface area contributed by atoms with Crippen molar-refractivity contribution < 1.29 is 41.9 Å². The lowest BCUT2D eigenvalue weighted by atomic mass is 10.1. The van der Waals surface area contributed by atoms with Gasteiger partial charge in [-0.3, -0.25) is 14.9 Å². The van der Waals surface area contributed by atoms with E-state index < -0.39 is 46.0 Å². The largest absolute Gasteiger partial charge is 0.454 e. The van der Waals surface area contributed by atoms with Crippen LogP contribution in [0, 0.1) is 10.1 Å². The summed E-state index contributed by atoms with van der Waals surface area (Å²) in [5, 5.41) is 12.7. The average Bonchev–Trinajstić information content (AvgIpc) is 3.19. The highest BCUT2D eigenvalue weighted by Gasteiger charge is 2.36. The summed E-state index contributed by atoms with van der Waals surface area (Å²) < 4.78 is 54.9. The molecule has 32 heavy (non-hydrogen) atoms. The number of hydrogen-bond donors (Lipinski definition) is 1. The molecule has 1 aliphatic heterocycles. The highest BCUT2D eigenvalue weighted by Crippen LogP contribution is 2.37. The predicted molar refractivity (Wildman–Crippen MR) is 104 cm³/mol. The molecule has 0 spiro atoms. The van der Waals surface area contributed by atoms with Crippen molar-refractivity contribution in [3.05, 3.63) is 63.7 Å². The number of anilines is 1. The zero-order valence-electron chi connectivity index (χ0n) is 16.3. The average molecular weight is 452 g/mol. The molecular formula is C20H15F3N2O7. The van der Waals surface area contributed by atoms with E-state index in [9.17, 15) is 32.9 Å². The Kier molecular flexibility index (Phi) is 6.32. The topological polar surface area (TPSA) is 117 Å². The normalized spacial score (nSPS) is 13.6. The number of hydrogen-bond acceptors (Lipinski definition) is 7. The summed E-state index contributed by atoms with van der Waals surface area (Å²) in [5.41, 5.74) is -2.30. The highest BCUT2D eigenvalue weighted by molar-refractivity contribution is 5.97. The number of nitrogens with one attached hydrogen (secondary N) is 1. The van der Waals surface area contributed by atoms with Crippen LogP contribution in [0.15, 0.2) is 42.5 Å². The number of nitro benzene ring substituents is 1. The van der Waals surface area contributed by atoms with Crippen LogP contribution in [0.5, 0.6) is 11.5 Å². The lowest BCUT2D eigenvalue weighted by Crippen LogP contribution is -2.30. The van der Waals surface area contributed by atoms with Gasteiger partial charge >= 0.3 is 12.1 Å². The number of amides is 1. The molecule has 0 aromatic heterocycles. The number of nitro groups is 1. The fraction of sp³-hybridized carbons (Fsp3) is 0.200. The molecule has 3 rings (SSSR count). The minimum atomic E-state index is -4.96. The zero-order valence-corrected chi connectivity index (χ0v) is 16.3. The number of alkyl halides is 3. The third kappa shape index (κ3) is 5.33. The van der Waals surface area contributed by atoms with Crippen molar-refractivity contribution in [1.82, 2.24) is 0 Å². The number of benzene rings is 2. The van der Waals surface area contributed by atoms with Crippen LogP contribution in [-0.4, -0.2) is 29.7 Å². The van der Waals surface area contributed by atoms with Crippen molar-refractivity contribution in [2.24, 2.45) is 0 Å². The number of halogens is 3. The van der Waals surface area contributed by atoms with E-state index in [0.717, 1.165) is 18.2 Å². The van der Waals surface area contributed by atoms with E-state index in [0.29, 0.717) is 23.1 Å². The Labute approximate surface area is 178 Å². The van der Waals surface area contributed by atoms with Crippen LogP contribution in [0.25, 0.3) is 6.08 Å². The van der Waals surface area contributed by atoms with Gasteiger partial charge in [-0.25, -0.2) is 4.79 Å². The summed E-state index contributed by atoms with van der Waals surface area (Å²) >= 11 is 0. The molecule has 12 heteroatoms. The van der Waals surface area contributed by atoms with E-state index in [-0.39, 0.29) is 6.79 Å². The van der Waals surface area contributed by atoms with Gasteiger partial charge in [0.05, 0.1) is 16.2 Å². The Hall–Kier alpha value is -4.09. The molecule has 0 fully saturated rings. The van der Waals surface area contributed by atoms with Crippen molar-refractivity contribution >= 4 is 29.3 Å². The second-order valence-electron chi connectivity index (χ2n) is 6.50. The van der Waals surface area contributed by atoms with Crippen molar-refractivity contribution in [1.29, 1.82) is 0 Å². The van der Waals surface area contributed by atoms with Gasteiger partial charge in [0.2, 0.25) is 6.79 Å². The molecule has 9 nitrogen and oxygen atoms in total. The summed E-state index contributed by atoms with van der Waals surface area (Å²) in [6.45, 7) is 1.25. The molecule has 0 saturated heterocycles. The van der Waals surface area contributed by atoms with Gasteiger partial charge < -0.3 is 19.5 Å². The van der Waals surface area contributed by atoms with Crippen molar-refractivity contribution in [2.45, 2.75) is 19.2 Å². The molecule has 0 saturated carbocycles. The van der Waals surface area contributed by atoms with Crippen LogP contribution in [0.2, 0.25) is 0 Å². The van der Waals surface area contributed by atoms with Gasteiger partial charge in [0, 0.05) is 18.2 Å². The number of rotatable bonds is 6. The van der Waals surface area contributed by atoms with Crippen LogP contribution in [0.1, 0.15) is 18.1 Å². The van der Waals surface area contributed by atoms with E-state index in [1.54, 1.807) is 18.2 Å². The quantitative estimate of drug-likeness (QED) is 0.306. The molecule has 1 amide bonds. The standard InChI is InChI=1S/C20H15F3N2O7/c1-11(32-18(26)7-3-12-2-6-16-17(8-12)31-10-30-16)19(27)24-15-5-4-13(25(28)29)9-14(15)20(21,22)23/h2-9,11H,10H2,1H3,(H,24,27)/b7-3+. The second kappa shape index (κ2) is 8.96. The number of carbonyl (C=O) groups excluding carboxylic acids is 2. The molecule has 1 heterocycles. The van der Waals surface area contributed by atoms with Crippen LogP contribution in [0.3, 0.4) is 0 Å². The van der Waals surface area contributed by atoms with Crippen LogP contribution in [0.4, 0.5) is 24.5 Å². The molecule has 1 aliphatic rings. The number of nitrogens with zero attached hydrogens (tertiary/aromatic N) is 1. The Balaban J connectivity index is 1.64. The van der Waals surface area contributed by atoms with Crippen LogP contribution < -0.4 is 14.8 Å². The first-order chi connectivity index (χ1) is 15.0. The molecule has 0 aliphatic carbocycles. The van der Waals surface area contributed by atoms with Crippen molar-refractivity contribution in [3.63, 3.8) is 0 Å². The van der Waals surface area contributed by atoms with E-state index >= 15 is 0 Å². The number of esters is 1. The van der Waals surface area contributed by atoms with Crippen LogP contribution in [-0.2, 0) is 20.5 Å². The van der Waals surface area contributed by atoms with Gasteiger partial charge in [-0.05, 0) is 36.8 Å². The molecular weight excluding hydrogens is 437 g/mol. The van der Waals surface area contributed by atoms with Gasteiger partial charge in [-0.2, -0.15) is 13.2 Å². The fourth-order valence-electron chi connectivity index (χ4n) is 2.67. The summed E-state index contributed by atoms with van der Waals surface area (Å²) in [7, 11) is 0. The summed E-state index contributed by atoms with van der Waals surface area (Å²) in [6, 6.07) is 6.80. The molecule has 168 valence electrons. The first-order valence-corrected chi connectivity index (χ1v) is 8.99. The lowest BCUT2D eigenvalue weighted by molar-refractivity contribution is -0.385. The van der Waals surface area contributed by atoms with E-state index in [1.165, 1.54) is 13.0 Å². The van der Waals surface area contributed by atoms with Crippen molar-refractivity contribution in [2.75, 3.05) is 12.1 Å². The molecule has 0 radical (unpaired) electrons. The van der Waals surface area contributed by atoms with Gasteiger partial charge in [-0.1, -0.05) is 6.07 Å². The smallest absolute Gasteiger partial charge is 0.418 e. The number of non-ortho nitro benzene ring substituents is 1. The maximum atomic E-state index is 13.2. The maximum Gasteiger partial charge on any atom is 0.418 e. The highest BCUT2D eigenvalue weighted by atomic mass is 19.4. The third-order valence-corrected chi connectivity index (χ3v) is 4.25. The van der Waals surface area contributed by atoms with Crippen molar-refractivity contribution in [3.8, 4) is 11.5 Å². The minimum Gasteiger partial charge on any atom is -0.454 e. The summed E-state index contributed by atoms with van der Waals surface area (Å²) in [5.74, 6) is -0.907. The molecule has 2 aromatic carbocycles. The van der Waals surface area contributed by atoms with Crippen LogP contribution >= 0.6 is 0 Å². The minimum absolute atomic E-state index is 0.0853. The van der Waals surface area contributed by atoms with Gasteiger partial charge in [0.1, 0.15) is 0 Å². The van der Waals surface area contributed by atoms with Gasteiger partial charge in [-0.15, -0.1) is 0 Å². The molecule has 1 atom stereocenters. The summed E-state index contributed by atoms with van der Waals surface area (Å²) in [6.07, 6.45) is -3.97. The first-order valence-electron chi connectivity index (χ1n) is 8.99. The Morgan fingerprint density at radius 3 is 2.59 bits per heavy atom. The fourth-order valence-corrected chi connectivity index (χ4v) is 2.67. The number of ether oxygens (including phenoxy) is 3. The maximum absolute atomic E-state index is 13.2. The van der Waals surface area contributed by atoms with E-state index in [4.69, 9.17) is 14.2 Å².